The molecule has 0 N–H and O–H groups in total. The fourth-order valence-corrected chi connectivity index (χ4v) is 2.69. The number of hydrogen-bond acceptors (Lipinski definition) is 3. The van der Waals surface area contributed by atoms with E-state index in [2.05, 4.69) is 10.0 Å². The summed E-state index contributed by atoms with van der Waals surface area (Å²) in [6.07, 6.45) is -4.53. The maximum Gasteiger partial charge on any atom is 0.416 e. The third-order valence-corrected chi connectivity index (χ3v) is 4.05. The van der Waals surface area contributed by atoms with Gasteiger partial charge < -0.3 is 0 Å². The normalized spacial score (nSPS) is 11.9. The monoisotopic (exact) mass is 293 g/mol. The first-order chi connectivity index (χ1) is 8.77. The molecule has 0 spiro atoms. The zero-order valence-corrected chi connectivity index (χ0v) is 10.4. The topological polar surface area (TPSA) is 82.9 Å². The summed E-state index contributed by atoms with van der Waals surface area (Å²) in [4.78, 5) is 2.07. The van der Waals surface area contributed by atoms with Crippen LogP contribution in [0.25, 0.3) is 10.4 Å². The number of azide groups is 1. The second-order valence-electron chi connectivity index (χ2n) is 3.65. The smallest absolute Gasteiger partial charge is 0.224 e. The molecule has 0 saturated heterocycles. The van der Waals surface area contributed by atoms with Crippen molar-refractivity contribution in [3.8, 4) is 0 Å². The molecule has 1 aromatic carbocycles. The Balaban J connectivity index is 2.93. The molecule has 0 amide bonds. The van der Waals surface area contributed by atoms with Gasteiger partial charge in [0.05, 0.1) is 16.2 Å². The lowest BCUT2D eigenvalue weighted by Gasteiger charge is -2.09. The van der Waals surface area contributed by atoms with E-state index in [0.717, 1.165) is 18.2 Å². The summed E-state index contributed by atoms with van der Waals surface area (Å²) in [5.74, 6) is -0.368. The SMILES string of the molecule is [N-]=[N+]=NCCCS(=O)(=O)c1cccc(C(F)(F)F)c1. The predicted octanol–water partition coefficient (Wildman–Crippen LogP) is 3.18. The van der Waals surface area contributed by atoms with Crippen LogP contribution in [0.4, 0.5) is 13.2 Å². The zero-order valence-electron chi connectivity index (χ0n) is 9.63. The zero-order chi connectivity index (χ0) is 14.5. The van der Waals surface area contributed by atoms with Crippen molar-refractivity contribution in [2.45, 2.75) is 17.5 Å². The van der Waals surface area contributed by atoms with Crippen molar-refractivity contribution in [1.82, 2.24) is 0 Å². The highest BCUT2D eigenvalue weighted by Gasteiger charge is 2.31. The standard InChI is InChI=1S/C10H10F3N3O2S/c11-10(12,13)8-3-1-4-9(7-8)19(17,18)6-2-5-15-16-14/h1,3-4,7H,2,5-6H2. The van der Waals surface area contributed by atoms with Gasteiger partial charge in [0.15, 0.2) is 9.84 Å². The van der Waals surface area contributed by atoms with Crippen LogP contribution in [0.5, 0.6) is 0 Å². The minimum atomic E-state index is -4.59. The molecule has 0 aliphatic heterocycles. The van der Waals surface area contributed by atoms with Crippen molar-refractivity contribution in [3.63, 3.8) is 0 Å². The van der Waals surface area contributed by atoms with E-state index >= 15 is 0 Å². The molecule has 19 heavy (non-hydrogen) atoms. The fourth-order valence-electron chi connectivity index (χ4n) is 1.35. The summed E-state index contributed by atoms with van der Waals surface area (Å²) in [6.45, 7) is -0.0192. The summed E-state index contributed by atoms with van der Waals surface area (Å²) < 4.78 is 60.9. The van der Waals surface area contributed by atoms with Crippen LogP contribution in [0.3, 0.4) is 0 Å². The average molecular weight is 293 g/mol. The van der Waals surface area contributed by atoms with Gasteiger partial charge in [-0.1, -0.05) is 11.2 Å². The molecule has 5 nitrogen and oxygen atoms in total. The van der Waals surface area contributed by atoms with Crippen molar-refractivity contribution >= 4 is 9.84 Å². The molecule has 0 radical (unpaired) electrons. The Morgan fingerprint density at radius 3 is 2.58 bits per heavy atom. The highest BCUT2D eigenvalue weighted by atomic mass is 32.2. The first-order valence-corrected chi connectivity index (χ1v) is 6.83. The molecule has 0 bridgehead atoms. The minimum Gasteiger partial charge on any atom is -0.224 e. The summed E-state index contributed by atoms with van der Waals surface area (Å²) in [5, 5.41) is 3.16. The molecular formula is C10H10F3N3O2S. The Morgan fingerprint density at radius 1 is 1.32 bits per heavy atom. The van der Waals surface area contributed by atoms with Crippen molar-refractivity contribution in [2.24, 2.45) is 5.11 Å². The van der Waals surface area contributed by atoms with Crippen molar-refractivity contribution in [1.29, 1.82) is 0 Å². The van der Waals surface area contributed by atoms with Crippen molar-refractivity contribution < 1.29 is 21.6 Å². The summed E-state index contributed by atoms with van der Waals surface area (Å²) in [5.41, 5.74) is 7.01. The third-order valence-electron chi connectivity index (χ3n) is 2.25. The van der Waals surface area contributed by atoms with Gasteiger partial charge in [-0.15, -0.1) is 0 Å². The molecular weight excluding hydrogens is 283 g/mol. The molecule has 0 atom stereocenters. The molecule has 0 aromatic heterocycles. The Labute approximate surface area is 107 Å². The Hall–Kier alpha value is -1.73. The fraction of sp³-hybridized carbons (Fsp3) is 0.400. The molecule has 9 heteroatoms. The van der Waals surface area contributed by atoms with E-state index in [1.54, 1.807) is 0 Å². The van der Waals surface area contributed by atoms with Gasteiger partial charge in [0.25, 0.3) is 0 Å². The van der Waals surface area contributed by atoms with Gasteiger partial charge in [-0.3, -0.25) is 0 Å². The average Bonchev–Trinajstić information content (AvgIpc) is 2.34. The van der Waals surface area contributed by atoms with E-state index in [0.29, 0.717) is 6.07 Å². The van der Waals surface area contributed by atoms with E-state index < -0.39 is 21.6 Å². The summed E-state index contributed by atoms with van der Waals surface area (Å²) in [6, 6.07) is 3.56. The van der Waals surface area contributed by atoms with Gasteiger partial charge in [-0.05, 0) is 30.2 Å². The van der Waals surface area contributed by atoms with E-state index in [1.807, 2.05) is 0 Å². The molecule has 104 valence electrons. The maximum absolute atomic E-state index is 12.5. The quantitative estimate of drug-likeness (QED) is 0.361. The molecule has 0 aliphatic carbocycles. The lowest BCUT2D eigenvalue weighted by molar-refractivity contribution is -0.137. The van der Waals surface area contributed by atoms with Gasteiger partial charge in [0.1, 0.15) is 0 Å². The first-order valence-electron chi connectivity index (χ1n) is 5.18. The van der Waals surface area contributed by atoms with Crippen LogP contribution in [0, 0.1) is 0 Å². The van der Waals surface area contributed by atoms with E-state index in [1.165, 1.54) is 0 Å². The Bertz CT molecular complexity index is 592. The minimum absolute atomic E-state index is 0.0192. The van der Waals surface area contributed by atoms with Crippen LogP contribution in [0.1, 0.15) is 12.0 Å². The first kappa shape index (κ1) is 15.3. The number of hydrogen-bond donors (Lipinski definition) is 0. The maximum atomic E-state index is 12.5. The van der Waals surface area contributed by atoms with Gasteiger partial charge in [-0.2, -0.15) is 13.2 Å². The molecule has 1 rings (SSSR count). The second kappa shape index (κ2) is 5.94. The van der Waals surface area contributed by atoms with Crippen LogP contribution in [-0.4, -0.2) is 20.7 Å². The number of nitrogens with zero attached hydrogens (tertiary/aromatic N) is 3. The number of sulfone groups is 1. The molecule has 0 fully saturated rings. The molecule has 0 saturated carbocycles. The van der Waals surface area contributed by atoms with E-state index in [9.17, 15) is 21.6 Å². The predicted molar refractivity (Wildman–Crippen MR) is 62.1 cm³/mol. The van der Waals surface area contributed by atoms with Crippen LogP contribution in [0.15, 0.2) is 34.3 Å². The molecule has 1 aromatic rings. The molecule has 0 heterocycles. The van der Waals surface area contributed by atoms with Crippen molar-refractivity contribution in [2.75, 3.05) is 12.3 Å². The van der Waals surface area contributed by atoms with Crippen LogP contribution in [-0.2, 0) is 16.0 Å². The number of rotatable bonds is 5. The largest absolute Gasteiger partial charge is 0.416 e. The molecule has 0 unspecified atom stereocenters. The third kappa shape index (κ3) is 4.46. The lowest BCUT2D eigenvalue weighted by Crippen LogP contribution is -2.10. The second-order valence-corrected chi connectivity index (χ2v) is 5.76. The van der Waals surface area contributed by atoms with Gasteiger partial charge in [0, 0.05) is 11.5 Å². The van der Waals surface area contributed by atoms with Crippen molar-refractivity contribution in [3.05, 3.63) is 40.3 Å². The van der Waals surface area contributed by atoms with Gasteiger partial charge in [-0.25, -0.2) is 8.42 Å². The summed E-state index contributed by atoms with van der Waals surface area (Å²) in [7, 11) is -3.81. The van der Waals surface area contributed by atoms with Crippen LogP contribution in [0.2, 0.25) is 0 Å². The van der Waals surface area contributed by atoms with E-state index in [4.69, 9.17) is 5.53 Å². The van der Waals surface area contributed by atoms with E-state index in [-0.39, 0.29) is 23.6 Å². The number of benzene rings is 1. The molecule has 0 aliphatic rings. The van der Waals surface area contributed by atoms with Gasteiger partial charge in [0.2, 0.25) is 0 Å². The van der Waals surface area contributed by atoms with Crippen LogP contribution < -0.4 is 0 Å². The Morgan fingerprint density at radius 2 is 2.00 bits per heavy atom. The van der Waals surface area contributed by atoms with Crippen LogP contribution >= 0.6 is 0 Å². The van der Waals surface area contributed by atoms with Gasteiger partial charge >= 0.3 is 6.18 Å². The number of halogens is 3. The highest BCUT2D eigenvalue weighted by Crippen LogP contribution is 2.30. The Kier molecular flexibility index (Phi) is 4.79. The summed E-state index contributed by atoms with van der Waals surface area (Å²) >= 11 is 0. The number of alkyl halides is 3. The lowest BCUT2D eigenvalue weighted by atomic mass is 10.2. The highest BCUT2D eigenvalue weighted by molar-refractivity contribution is 7.91.